The van der Waals surface area contributed by atoms with Crippen LogP contribution >= 0.6 is 0 Å². The molecule has 41 heavy (non-hydrogen) atoms. The highest BCUT2D eigenvalue weighted by Gasteiger charge is 2.37. The van der Waals surface area contributed by atoms with E-state index in [0.29, 0.717) is 6.61 Å². The van der Waals surface area contributed by atoms with Crippen LogP contribution in [0.25, 0.3) is 28.0 Å². The fourth-order valence-corrected chi connectivity index (χ4v) is 5.96. The van der Waals surface area contributed by atoms with Gasteiger partial charge in [0.05, 0.1) is 41.4 Å². The van der Waals surface area contributed by atoms with Gasteiger partial charge in [-0.2, -0.15) is 5.10 Å². The first kappa shape index (κ1) is 31.4. The number of rotatable bonds is 10. The molecular formula is C32H45N5O2SSi. The molecule has 3 heterocycles. The summed E-state index contributed by atoms with van der Waals surface area (Å²) in [5.74, 6) is 0.757. The van der Waals surface area contributed by atoms with Gasteiger partial charge in [0.15, 0.2) is 14.1 Å². The predicted octanol–water partition coefficient (Wildman–Crippen LogP) is 7.90. The molecule has 2 atom stereocenters. The SMILES string of the molecule is CCC[C@H](N[S@@+]([O-])C(C)(C)C)c1cccc(-c2ccc3cnn(-c4cccc(CO[Si](C)(C)C(C)(C)C)n4)c3c2)n1. The summed E-state index contributed by atoms with van der Waals surface area (Å²) < 4.78 is 24.1. The minimum Gasteiger partial charge on any atom is -0.598 e. The smallest absolute Gasteiger partial charge is 0.192 e. The molecule has 7 nitrogen and oxygen atoms in total. The Hall–Kier alpha value is -2.56. The summed E-state index contributed by atoms with van der Waals surface area (Å²) in [6, 6.07) is 18.2. The van der Waals surface area contributed by atoms with Crippen molar-refractivity contribution in [3.63, 3.8) is 0 Å². The third kappa shape index (κ3) is 7.45. The highest BCUT2D eigenvalue weighted by molar-refractivity contribution is 7.90. The Morgan fingerprint density at radius 2 is 1.73 bits per heavy atom. The van der Waals surface area contributed by atoms with E-state index in [1.807, 2.05) is 68.0 Å². The zero-order chi connectivity index (χ0) is 30.0. The molecule has 0 spiro atoms. The Morgan fingerprint density at radius 3 is 2.41 bits per heavy atom. The van der Waals surface area contributed by atoms with E-state index in [0.717, 1.165) is 52.2 Å². The van der Waals surface area contributed by atoms with E-state index in [4.69, 9.17) is 14.4 Å². The molecule has 0 aliphatic carbocycles. The quantitative estimate of drug-likeness (QED) is 0.149. The largest absolute Gasteiger partial charge is 0.598 e. The van der Waals surface area contributed by atoms with Crippen LogP contribution in [0.5, 0.6) is 0 Å². The van der Waals surface area contributed by atoms with Crippen molar-refractivity contribution < 1.29 is 8.98 Å². The van der Waals surface area contributed by atoms with Gasteiger partial charge in [0.2, 0.25) is 0 Å². The van der Waals surface area contributed by atoms with E-state index < -0.39 is 19.7 Å². The van der Waals surface area contributed by atoms with Gasteiger partial charge in [-0.15, -0.1) is 4.72 Å². The molecule has 0 radical (unpaired) electrons. The maximum Gasteiger partial charge on any atom is 0.192 e. The number of benzene rings is 1. The van der Waals surface area contributed by atoms with Gasteiger partial charge >= 0.3 is 0 Å². The summed E-state index contributed by atoms with van der Waals surface area (Å²) in [6.45, 7) is 19.8. The molecule has 0 saturated heterocycles. The van der Waals surface area contributed by atoms with E-state index in [1.54, 1.807) is 0 Å². The second-order valence-electron chi connectivity index (χ2n) is 13.2. The van der Waals surface area contributed by atoms with Gasteiger partial charge in [-0.1, -0.05) is 58.4 Å². The minimum atomic E-state index is -1.89. The van der Waals surface area contributed by atoms with Crippen LogP contribution in [0.1, 0.15) is 78.7 Å². The molecule has 0 amide bonds. The lowest BCUT2D eigenvalue weighted by molar-refractivity contribution is 0.272. The maximum atomic E-state index is 12.9. The Bertz CT molecular complexity index is 1470. The van der Waals surface area contributed by atoms with Gasteiger partial charge in [0.25, 0.3) is 0 Å². The molecule has 0 aliphatic heterocycles. The zero-order valence-electron chi connectivity index (χ0n) is 26.0. The highest BCUT2D eigenvalue weighted by Crippen LogP contribution is 2.37. The summed E-state index contributed by atoms with van der Waals surface area (Å²) in [4.78, 5) is 9.92. The molecule has 1 N–H and O–H groups in total. The molecule has 0 unspecified atom stereocenters. The fraction of sp³-hybridized carbons (Fsp3) is 0.469. The molecule has 220 valence electrons. The van der Waals surface area contributed by atoms with E-state index >= 15 is 0 Å². The molecule has 9 heteroatoms. The van der Waals surface area contributed by atoms with Crippen LogP contribution in [-0.4, -0.2) is 37.4 Å². The maximum absolute atomic E-state index is 12.9. The van der Waals surface area contributed by atoms with E-state index in [-0.39, 0.29) is 15.8 Å². The Kier molecular flexibility index (Phi) is 9.45. The van der Waals surface area contributed by atoms with Gasteiger partial charge in [-0.05, 0) is 75.7 Å². The van der Waals surface area contributed by atoms with Crippen molar-refractivity contribution in [1.29, 1.82) is 0 Å². The lowest BCUT2D eigenvalue weighted by Gasteiger charge is -2.36. The third-order valence-electron chi connectivity index (χ3n) is 7.77. The van der Waals surface area contributed by atoms with Crippen molar-refractivity contribution in [2.75, 3.05) is 0 Å². The molecule has 0 aliphatic rings. The van der Waals surface area contributed by atoms with Gasteiger partial charge in [-0.3, -0.25) is 4.98 Å². The summed E-state index contributed by atoms with van der Waals surface area (Å²) in [5, 5.41) is 5.84. The van der Waals surface area contributed by atoms with Crippen LogP contribution in [0.2, 0.25) is 18.1 Å². The Labute approximate surface area is 249 Å². The minimum absolute atomic E-state index is 0.0882. The van der Waals surface area contributed by atoms with Crippen LogP contribution < -0.4 is 4.72 Å². The lowest BCUT2D eigenvalue weighted by Crippen LogP contribution is -2.41. The molecule has 0 saturated carbocycles. The number of nitrogens with zero attached hydrogens (tertiary/aromatic N) is 4. The number of fused-ring (bicyclic) bond motifs is 1. The van der Waals surface area contributed by atoms with E-state index in [1.165, 1.54) is 0 Å². The van der Waals surface area contributed by atoms with Crippen LogP contribution in [0.4, 0.5) is 0 Å². The first-order valence-electron chi connectivity index (χ1n) is 14.4. The van der Waals surface area contributed by atoms with Crippen molar-refractivity contribution in [2.45, 2.75) is 96.8 Å². The van der Waals surface area contributed by atoms with Gasteiger partial charge in [0.1, 0.15) is 4.75 Å². The lowest BCUT2D eigenvalue weighted by atomic mass is 10.1. The van der Waals surface area contributed by atoms with Crippen molar-refractivity contribution in [2.24, 2.45) is 0 Å². The van der Waals surface area contributed by atoms with Crippen molar-refractivity contribution in [1.82, 2.24) is 24.5 Å². The number of hydrogen-bond acceptors (Lipinski definition) is 6. The van der Waals surface area contributed by atoms with Crippen LogP contribution in [-0.2, 0) is 22.4 Å². The van der Waals surface area contributed by atoms with Gasteiger partial charge in [0, 0.05) is 22.3 Å². The molecular weight excluding hydrogens is 547 g/mol. The Morgan fingerprint density at radius 1 is 1.00 bits per heavy atom. The second kappa shape index (κ2) is 12.4. The fourth-order valence-electron chi connectivity index (χ4n) is 4.16. The van der Waals surface area contributed by atoms with Crippen LogP contribution in [0, 0.1) is 0 Å². The van der Waals surface area contributed by atoms with Crippen LogP contribution in [0.3, 0.4) is 0 Å². The summed E-state index contributed by atoms with van der Waals surface area (Å²) in [7, 11) is -1.89. The molecule has 0 bridgehead atoms. The molecule has 1 aromatic carbocycles. The summed E-state index contributed by atoms with van der Waals surface area (Å²) >= 11 is -1.19. The molecule has 4 rings (SSSR count). The number of aromatic nitrogens is 4. The van der Waals surface area contributed by atoms with Gasteiger partial charge in [-0.25, -0.2) is 9.67 Å². The zero-order valence-corrected chi connectivity index (χ0v) is 27.8. The third-order valence-corrected chi connectivity index (χ3v) is 13.9. The van der Waals surface area contributed by atoms with Gasteiger partial charge < -0.3 is 8.98 Å². The standard InChI is InChI=1S/C32H45N5O2SSi/c1-10-13-28(36-40(38)31(2,3)4)27-16-12-15-26(35-27)23-18-19-24-21-33-37(29(24)20-23)30-17-11-14-25(34-30)22-39-41(8,9)32(5,6)7/h11-12,14-21,28,36H,10,13,22H2,1-9H3/t28-,40-/m0/s1. The predicted molar refractivity (Wildman–Crippen MR) is 173 cm³/mol. The molecule has 3 aromatic heterocycles. The number of hydrogen-bond donors (Lipinski definition) is 1. The number of pyridine rings is 2. The number of nitrogens with one attached hydrogen (secondary N) is 1. The van der Waals surface area contributed by atoms with Crippen molar-refractivity contribution in [3.8, 4) is 17.1 Å². The van der Waals surface area contributed by atoms with Crippen molar-refractivity contribution >= 4 is 30.6 Å². The average Bonchev–Trinajstić information content (AvgIpc) is 3.34. The second-order valence-corrected chi connectivity index (χ2v) is 20.0. The molecule has 4 aromatic rings. The first-order valence-corrected chi connectivity index (χ1v) is 18.5. The summed E-state index contributed by atoms with van der Waals surface area (Å²) in [5.41, 5.74) is 4.61. The first-order chi connectivity index (χ1) is 19.2. The average molecular weight is 592 g/mol. The van der Waals surface area contributed by atoms with Crippen molar-refractivity contribution in [3.05, 3.63) is 72.2 Å². The molecule has 0 fully saturated rings. The monoisotopic (exact) mass is 591 g/mol. The highest BCUT2D eigenvalue weighted by atomic mass is 32.2. The topological polar surface area (TPSA) is 87.9 Å². The van der Waals surface area contributed by atoms with Crippen LogP contribution in [0.15, 0.2) is 60.8 Å². The van der Waals surface area contributed by atoms with E-state index in [9.17, 15) is 4.55 Å². The summed E-state index contributed by atoms with van der Waals surface area (Å²) in [6.07, 6.45) is 3.68. The Balaban J connectivity index is 1.63. The normalized spacial score (nSPS) is 14.4. The van der Waals surface area contributed by atoms with E-state index in [2.05, 4.69) is 68.8 Å².